The number of aliphatic hydroxyl groups excluding tert-OH is 2. The largest absolute Gasteiger partial charge is 0.457 e. The summed E-state index contributed by atoms with van der Waals surface area (Å²) in [5.41, 5.74) is 0. The lowest BCUT2D eigenvalue weighted by molar-refractivity contribution is -0.146. The quantitative estimate of drug-likeness (QED) is 0.469. The van der Waals surface area contributed by atoms with Crippen LogP contribution in [-0.2, 0) is 19.1 Å². The smallest absolute Gasteiger partial charge is 0.331 e. The molecular formula is C10H16O6. The van der Waals surface area contributed by atoms with E-state index >= 15 is 0 Å². The Hall–Kier alpha value is -1.40. The van der Waals surface area contributed by atoms with E-state index in [0.29, 0.717) is 0 Å². The van der Waals surface area contributed by atoms with Gasteiger partial charge in [-0.2, -0.15) is 0 Å². The average Bonchev–Trinajstić information content (AvgIpc) is 2.26. The van der Waals surface area contributed by atoms with Crippen LogP contribution in [0.15, 0.2) is 12.2 Å². The minimum Gasteiger partial charge on any atom is -0.457 e. The van der Waals surface area contributed by atoms with Gasteiger partial charge in [-0.1, -0.05) is 0 Å². The monoisotopic (exact) mass is 232 g/mol. The normalized spacial score (nSPS) is 14.5. The van der Waals surface area contributed by atoms with Crippen LogP contribution in [0.1, 0.15) is 13.8 Å². The number of carbonyl (C=O) groups excluding carboxylic acids is 2. The predicted octanol–water partition coefficient (Wildman–Crippen LogP) is -0.609. The van der Waals surface area contributed by atoms with Gasteiger partial charge in [-0.3, -0.25) is 0 Å². The molecule has 0 spiro atoms. The molecule has 0 radical (unpaired) electrons. The number of hydrogen-bond donors (Lipinski definition) is 2. The number of aliphatic hydroxyl groups is 2. The number of rotatable bonds is 6. The minimum absolute atomic E-state index is 0.286. The molecule has 2 unspecified atom stereocenters. The van der Waals surface area contributed by atoms with Crippen molar-refractivity contribution in [2.24, 2.45) is 0 Å². The maximum Gasteiger partial charge on any atom is 0.331 e. The van der Waals surface area contributed by atoms with Crippen molar-refractivity contribution in [1.29, 1.82) is 0 Å². The van der Waals surface area contributed by atoms with E-state index in [2.05, 4.69) is 9.47 Å². The highest BCUT2D eigenvalue weighted by Gasteiger charge is 2.07. The second-order valence-electron chi connectivity index (χ2n) is 3.19. The molecule has 0 rings (SSSR count). The summed E-state index contributed by atoms with van der Waals surface area (Å²) in [6, 6.07) is 0. The second kappa shape index (κ2) is 7.84. The Morgan fingerprint density at radius 2 is 1.31 bits per heavy atom. The Bertz CT molecular complexity index is 234. The van der Waals surface area contributed by atoms with Crippen molar-refractivity contribution < 1.29 is 29.3 Å². The summed E-state index contributed by atoms with van der Waals surface area (Å²) in [7, 11) is 0. The van der Waals surface area contributed by atoms with Crippen molar-refractivity contribution in [3.8, 4) is 0 Å². The zero-order valence-corrected chi connectivity index (χ0v) is 9.25. The summed E-state index contributed by atoms with van der Waals surface area (Å²) < 4.78 is 9.30. The molecule has 6 heteroatoms. The van der Waals surface area contributed by atoms with Crippen LogP contribution in [0.2, 0.25) is 0 Å². The highest BCUT2D eigenvalue weighted by atomic mass is 16.6. The summed E-state index contributed by atoms with van der Waals surface area (Å²) in [4.78, 5) is 22.0. The van der Waals surface area contributed by atoms with Crippen LogP contribution < -0.4 is 0 Å². The first-order valence-corrected chi connectivity index (χ1v) is 4.80. The van der Waals surface area contributed by atoms with E-state index in [-0.39, 0.29) is 13.2 Å². The second-order valence-corrected chi connectivity index (χ2v) is 3.19. The molecule has 2 N–H and O–H groups in total. The summed E-state index contributed by atoms with van der Waals surface area (Å²) in [5.74, 6) is -1.48. The number of carbonyl (C=O) groups is 2. The standard InChI is InChI=1S/C10H16O6/c1-7(5-11)15-9(13)3-4-10(14)16-8(2)6-12/h3-4,7-8,11-12H,5-6H2,1-2H3/b4-3+. The summed E-state index contributed by atoms with van der Waals surface area (Å²) in [5, 5.41) is 17.2. The lowest BCUT2D eigenvalue weighted by Gasteiger charge is -2.08. The molecule has 0 aliphatic heterocycles. The number of esters is 2. The highest BCUT2D eigenvalue weighted by molar-refractivity contribution is 5.91. The molecule has 0 amide bonds. The predicted molar refractivity (Wildman–Crippen MR) is 54.4 cm³/mol. The van der Waals surface area contributed by atoms with Crippen molar-refractivity contribution in [2.75, 3.05) is 13.2 Å². The molecule has 0 fully saturated rings. The fraction of sp³-hybridized carbons (Fsp3) is 0.600. The maximum absolute atomic E-state index is 11.0. The molecule has 2 atom stereocenters. The van der Waals surface area contributed by atoms with Crippen LogP contribution in [0.5, 0.6) is 0 Å². The first-order valence-electron chi connectivity index (χ1n) is 4.80. The topological polar surface area (TPSA) is 93.1 Å². The van der Waals surface area contributed by atoms with Crippen molar-refractivity contribution in [3.63, 3.8) is 0 Å². The Labute approximate surface area is 93.5 Å². The lowest BCUT2D eigenvalue weighted by atomic mass is 10.4. The van der Waals surface area contributed by atoms with Gasteiger partial charge in [-0.25, -0.2) is 9.59 Å². The third kappa shape index (κ3) is 6.97. The van der Waals surface area contributed by atoms with Gasteiger partial charge in [0.1, 0.15) is 12.2 Å². The molecule has 0 bridgehead atoms. The zero-order chi connectivity index (χ0) is 12.6. The van der Waals surface area contributed by atoms with Crippen molar-refractivity contribution >= 4 is 11.9 Å². The van der Waals surface area contributed by atoms with E-state index in [9.17, 15) is 9.59 Å². The van der Waals surface area contributed by atoms with Crippen LogP contribution >= 0.6 is 0 Å². The molecule has 0 aromatic carbocycles. The van der Waals surface area contributed by atoms with E-state index in [0.717, 1.165) is 12.2 Å². The highest BCUT2D eigenvalue weighted by Crippen LogP contribution is 1.94. The third-order valence-electron chi connectivity index (χ3n) is 1.50. The molecule has 0 aromatic heterocycles. The van der Waals surface area contributed by atoms with Gasteiger partial charge in [-0.15, -0.1) is 0 Å². The average molecular weight is 232 g/mol. The van der Waals surface area contributed by atoms with Gasteiger partial charge < -0.3 is 19.7 Å². The van der Waals surface area contributed by atoms with Crippen LogP contribution in [0.4, 0.5) is 0 Å². The summed E-state index contributed by atoms with van der Waals surface area (Å²) in [6.07, 6.45) is 0.561. The van der Waals surface area contributed by atoms with Crippen molar-refractivity contribution in [1.82, 2.24) is 0 Å². The SMILES string of the molecule is CC(CO)OC(=O)/C=C/C(=O)OC(C)CO. The first-order chi connectivity index (χ1) is 7.49. The van der Waals surface area contributed by atoms with E-state index in [1.165, 1.54) is 13.8 Å². The maximum atomic E-state index is 11.0. The lowest BCUT2D eigenvalue weighted by Crippen LogP contribution is -2.18. The van der Waals surface area contributed by atoms with Gasteiger partial charge in [0, 0.05) is 12.2 Å². The van der Waals surface area contributed by atoms with Gasteiger partial charge in [0.25, 0.3) is 0 Å². The molecule has 92 valence electrons. The van der Waals surface area contributed by atoms with Gasteiger partial charge in [0.2, 0.25) is 0 Å². The van der Waals surface area contributed by atoms with Crippen LogP contribution in [-0.4, -0.2) is 47.6 Å². The van der Waals surface area contributed by atoms with Crippen LogP contribution in [0, 0.1) is 0 Å². The molecule has 0 aliphatic rings. The minimum atomic E-state index is -0.741. The summed E-state index contributed by atoms with van der Waals surface area (Å²) in [6.45, 7) is 2.45. The molecule has 6 nitrogen and oxygen atoms in total. The van der Waals surface area contributed by atoms with E-state index in [4.69, 9.17) is 10.2 Å². The molecule has 16 heavy (non-hydrogen) atoms. The van der Waals surface area contributed by atoms with E-state index in [1.807, 2.05) is 0 Å². The Morgan fingerprint density at radius 3 is 1.56 bits per heavy atom. The Kier molecular flexibility index (Phi) is 7.15. The first kappa shape index (κ1) is 14.6. The van der Waals surface area contributed by atoms with Gasteiger partial charge in [0.15, 0.2) is 0 Å². The van der Waals surface area contributed by atoms with Crippen LogP contribution in [0.25, 0.3) is 0 Å². The number of ether oxygens (including phenoxy) is 2. The summed E-state index contributed by atoms with van der Waals surface area (Å²) >= 11 is 0. The van der Waals surface area contributed by atoms with Gasteiger partial charge in [-0.05, 0) is 13.8 Å². The molecule has 0 aromatic rings. The van der Waals surface area contributed by atoms with E-state index < -0.39 is 24.1 Å². The van der Waals surface area contributed by atoms with Gasteiger partial charge >= 0.3 is 11.9 Å². The molecular weight excluding hydrogens is 216 g/mol. The number of hydrogen-bond acceptors (Lipinski definition) is 6. The van der Waals surface area contributed by atoms with Crippen molar-refractivity contribution in [2.45, 2.75) is 26.1 Å². The zero-order valence-electron chi connectivity index (χ0n) is 9.25. The molecule has 0 saturated carbocycles. The Morgan fingerprint density at radius 1 is 1.00 bits per heavy atom. The molecule has 0 heterocycles. The fourth-order valence-electron chi connectivity index (χ4n) is 0.686. The van der Waals surface area contributed by atoms with Crippen LogP contribution in [0.3, 0.4) is 0 Å². The van der Waals surface area contributed by atoms with Gasteiger partial charge in [0.05, 0.1) is 13.2 Å². The molecule has 0 aliphatic carbocycles. The third-order valence-corrected chi connectivity index (χ3v) is 1.50. The van der Waals surface area contributed by atoms with Crippen molar-refractivity contribution in [3.05, 3.63) is 12.2 Å². The Balaban J connectivity index is 3.98. The van der Waals surface area contributed by atoms with E-state index in [1.54, 1.807) is 0 Å². The fourth-order valence-corrected chi connectivity index (χ4v) is 0.686. The molecule has 0 saturated heterocycles.